The van der Waals surface area contributed by atoms with E-state index in [-0.39, 0.29) is 5.91 Å². The third kappa shape index (κ3) is 2.37. The van der Waals surface area contributed by atoms with Crippen LogP contribution in [-0.2, 0) is 13.6 Å². The van der Waals surface area contributed by atoms with E-state index in [1.54, 1.807) is 36.3 Å². The van der Waals surface area contributed by atoms with Crippen molar-refractivity contribution in [2.24, 2.45) is 7.05 Å². The molecular weight excluding hydrogens is 230 g/mol. The largest absolute Gasteiger partial charge is 0.397 e. The summed E-state index contributed by atoms with van der Waals surface area (Å²) in [5.41, 5.74) is 6.89. The van der Waals surface area contributed by atoms with Gasteiger partial charge >= 0.3 is 0 Å². The lowest BCUT2D eigenvalue weighted by atomic mass is 10.3. The second kappa shape index (κ2) is 4.95. The third-order valence-corrected chi connectivity index (χ3v) is 2.68. The zero-order valence-corrected chi connectivity index (χ0v) is 10.6. The van der Waals surface area contributed by atoms with Crippen LogP contribution in [0.5, 0.6) is 0 Å². The van der Waals surface area contributed by atoms with E-state index in [9.17, 15) is 4.79 Å². The molecule has 0 spiro atoms. The van der Waals surface area contributed by atoms with Crippen LogP contribution in [0.25, 0.3) is 0 Å². The van der Waals surface area contributed by atoms with Crippen LogP contribution in [0.4, 0.5) is 11.5 Å². The number of rotatable bonds is 4. The first-order valence-corrected chi connectivity index (χ1v) is 5.86. The van der Waals surface area contributed by atoms with E-state index >= 15 is 0 Å². The number of nitrogens with two attached hydrogens (primary N) is 1. The molecule has 96 valence electrons. The van der Waals surface area contributed by atoms with E-state index < -0.39 is 0 Å². The van der Waals surface area contributed by atoms with Crippen molar-refractivity contribution in [3.63, 3.8) is 0 Å². The number of nitrogens with zero attached hydrogens (tertiary/aromatic N) is 3. The lowest BCUT2D eigenvalue weighted by Crippen LogP contribution is -2.18. The van der Waals surface area contributed by atoms with Crippen molar-refractivity contribution >= 4 is 17.4 Å². The van der Waals surface area contributed by atoms with Crippen LogP contribution in [0, 0.1) is 0 Å². The molecule has 0 unspecified atom stereocenters. The predicted octanol–water partition coefficient (Wildman–Crippen LogP) is 1.47. The number of anilines is 2. The Hall–Kier alpha value is -2.24. The van der Waals surface area contributed by atoms with E-state index in [0.29, 0.717) is 17.2 Å². The highest BCUT2D eigenvalue weighted by atomic mass is 16.2. The second-order valence-electron chi connectivity index (χ2n) is 4.15. The van der Waals surface area contributed by atoms with E-state index in [0.717, 1.165) is 13.0 Å². The van der Waals surface area contributed by atoms with Gasteiger partial charge in [0.2, 0.25) is 0 Å². The van der Waals surface area contributed by atoms with Crippen LogP contribution in [-0.4, -0.2) is 20.3 Å². The number of aromatic nitrogens is 3. The minimum atomic E-state index is -0.177. The lowest BCUT2D eigenvalue weighted by molar-refractivity contribution is 0.101. The van der Waals surface area contributed by atoms with E-state index in [4.69, 9.17) is 5.73 Å². The molecule has 0 aliphatic heterocycles. The molecule has 0 radical (unpaired) electrons. The zero-order chi connectivity index (χ0) is 13.1. The average Bonchev–Trinajstić information content (AvgIpc) is 2.87. The van der Waals surface area contributed by atoms with Gasteiger partial charge in [0.15, 0.2) is 0 Å². The first-order valence-electron chi connectivity index (χ1n) is 5.86. The topological polar surface area (TPSA) is 77.9 Å². The molecule has 18 heavy (non-hydrogen) atoms. The lowest BCUT2D eigenvalue weighted by Gasteiger charge is -2.08. The number of hydrogen-bond acceptors (Lipinski definition) is 3. The summed E-state index contributed by atoms with van der Waals surface area (Å²) in [5.74, 6) is 0.478. The molecule has 0 fully saturated rings. The highest BCUT2D eigenvalue weighted by Crippen LogP contribution is 2.14. The fourth-order valence-electron chi connectivity index (χ4n) is 1.83. The summed E-state index contributed by atoms with van der Waals surface area (Å²) in [6, 6.07) is 3.43. The monoisotopic (exact) mass is 247 g/mol. The summed E-state index contributed by atoms with van der Waals surface area (Å²) in [5, 5.41) is 6.80. The number of carbonyl (C=O) groups excluding carboxylic acids is 1. The smallest absolute Gasteiger partial charge is 0.273 e. The van der Waals surface area contributed by atoms with Crippen LogP contribution in [0.15, 0.2) is 24.5 Å². The Balaban J connectivity index is 2.21. The molecule has 2 aromatic rings. The van der Waals surface area contributed by atoms with E-state index in [1.165, 1.54) is 0 Å². The van der Waals surface area contributed by atoms with Gasteiger partial charge in [-0.2, -0.15) is 5.10 Å². The molecule has 0 aromatic carbocycles. The van der Waals surface area contributed by atoms with Gasteiger partial charge in [0.05, 0.1) is 11.9 Å². The fraction of sp³-hybridized carbons (Fsp3) is 0.333. The van der Waals surface area contributed by atoms with Gasteiger partial charge in [0, 0.05) is 25.9 Å². The number of carbonyl (C=O) groups is 1. The van der Waals surface area contributed by atoms with E-state index in [2.05, 4.69) is 17.3 Å². The molecule has 3 N–H and O–H groups in total. The number of aryl methyl sites for hydroxylation is 2. The summed E-state index contributed by atoms with van der Waals surface area (Å²) in [6.45, 7) is 2.82. The standard InChI is InChI=1S/C12H17N5O/c1-3-6-17-8-9(13)7-10(17)12(18)15-11-4-5-14-16(11)2/h4-5,7-8H,3,6,13H2,1-2H3,(H,15,18). The molecule has 0 saturated carbocycles. The molecule has 0 aliphatic rings. The van der Waals surface area contributed by atoms with Crippen LogP contribution in [0.3, 0.4) is 0 Å². The van der Waals surface area contributed by atoms with Crippen molar-refractivity contribution in [1.29, 1.82) is 0 Å². The van der Waals surface area contributed by atoms with Gasteiger partial charge in [-0.3, -0.25) is 9.48 Å². The Labute approximate surface area is 105 Å². The maximum Gasteiger partial charge on any atom is 0.273 e. The summed E-state index contributed by atoms with van der Waals surface area (Å²) in [4.78, 5) is 12.1. The van der Waals surface area contributed by atoms with Crippen molar-refractivity contribution in [1.82, 2.24) is 14.3 Å². The normalized spacial score (nSPS) is 10.6. The van der Waals surface area contributed by atoms with Gasteiger partial charge in [0.1, 0.15) is 11.5 Å². The number of nitrogen functional groups attached to an aromatic ring is 1. The molecule has 0 bridgehead atoms. The fourth-order valence-corrected chi connectivity index (χ4v) is 1.83. The third-order valence-electron chi connectivity index (χ3n) is 2.68. The Morgan fingerprint density at radius 3 is 2.94 bits per heavy atom. The minimum absolute atomic E-state index is 0.177. The van der Waals surface area contributed by atoms with Crippen molar-refractivity contribution in [3.05, 3.63) is 30.2 Å². The number of amides is 1. The Kier molecular flexibility index (Phi) is 3.36. The quantitative estimate of drug-likeness (QED) is 0.858. The van der Waals surface area contributed by atoms with Crippen LogP contribution >= 0.6 is 0 Å². The minimum Gasteiger partial charge on any atom is -0.397 e. The predicted molar refractivity (Wildman–Crippen MR) is 70.3 cm³/mol. The molecule has 6 nitrogen and oxygen atoms in total. The highest BCUT2D eigenvalue weighted by Gasteiger charge is 2.13. The van der Waals surface area contributed by atoms with Crippen molar-refractivity contribution < 1.29 is 4.79 Å². The first-order chi connectivity index (χ1) is 8.61. The maximum absolute atomic E-state index is 12.1. The van der Waals surface area contributed by atoms with Crippen molar-refractivity contribution in [2.45, 2.75) is 19.9 Å². The van der Waals surface area contributed by atoms with Gasteiger partial charge in [-0.25, -0.2) is 0 Å². The Morgan fingerprint density at radius 1 is 1.56 bits per heavy atom. The molecule has 2 aromatic heterocycles. The van der Waals surface area contributed by atoms with Crippen molar-refractivity contribution in [3.8, 4) is 0 Å². The molecule has 0 aliphatic carbocycles. The Morgan fingerprint density at radius 2 is 2.33 bits per heavy atom. The summed E-state index contributed by atoms with van der Waals surface area (Å²) in [7, 11) is 1.77. The molecule has 6 heteroatoms. The summed E-state index contributed by atoms with van der Waals surface area (Å²) >= 11 is 0. The summed E-state index contributed by atoms with van der Waals surface area (Å²) in [6.07, 6.45) is 4.36. The molecule has 1 amide bonds. The van der Waals surface area contributed by atoms with Crippen LogP contribution in [0.2, 0.25) is 0 Å². The van der Waals surface area contributed by atoms with Gasteiger partial charge in [0.25, 0.3) is 5.91 Å². The van der Waals surface area contributed by atoms with Crippen LogP contribution < -0.4 is 11.1 Å². The van der Waals surface area contributed by atoms with Gasteiger partial charge in [-0.15, -0.1) is 0 Å². The molecule has 0 saturated heterocycles. The summed E-state index contributed by atoms with van der Waals surface area (Å²) < 4.78 is 3.47. The van der Waals surface area contributed by atoms with Crippen LogP contribution in [0.1, 0.15) is 23.8 Å². The number of hydrogen-bond donors (Lipinski definition) is 2. The zero-order valence-electron chi connectivity index (χ0n) is 10.6. The van der Waals surface area contributed by atoms with Crippen molar-refractivity contribution in [2.75, 3.05) is 11.1 Å². The average molecular weight is 247 g/mol. The molecular formula is C12H17N5O. The Bertz CT molecular complexity index is 555. The SMILES string of the molecule is CCCn1cc(N)cc1C(=O)Nc1ccnn1C. The van der Waals surface area contributed by atoms with Gasteiger partial charge in [-0.1, -0.05) is 6.92 Å². The van der Waals surface area contributed by atoms with Gasteiger partial charge < -0.3 is 15.6 Å². The highest BCUT2D eigenvalue weighted by molar-refractivity contribution is 6.03. The second-order valence-corrected chi connectivity index (χ2v) is 4.15. The number of nitrogens with one attached hydrogen (secondary N) is 1. The maximum atomic E-state index is 12.1. The molecule has 2 rings (SSSR count). The molecule has 0 atom stereocenters. The van der Waals surface area contributed by atoms with E-state index in [1.807, 2.05) is 4.57 Å². The first kappa shape index (κ1) is 12.2. The molecule has 2 heterocycles. The van der Waals surface area contributed by atoms with Gasteiger partial charge in [-0.05, 0) is 12.5 Å².